The lowest BCUT2D eigenvalue weighted by Crippen LogP contribution is -2.59. The number of benzene rings is 1. The number of H-pyrrole nitrogens is 1. The normalized spacial score (nSPS) is 20.1. The van der Waals surface area contributed by atoms with Gasteiger partial charge in [-0.1, -0.05) is 11.6 Å². The zero-order chi connectivity index (χ0) is 24.2. The van der Waals surface area contributed by atoms with Crippen LogP contribution < -0.4 is 10.6 Å². The molecule has 1 fully saturated rings. The van der Waals surface area contributed by atoms with Gasteiger partial charge in [0.05, 0.1) is 28.2 Å². The molecule has 11 heteroatoms. The zero-order valence-electron chi connectivity index (χ0n) is 18.7. The molecular formula is C21H26ClF3N4O3. The number of aromatic amines is 1. The number of alkyl halides is 3. The average Bonchev–Trinajstić information content (AvgIpc) is 2.61. The molecule has 32 heavy (non-hydrogen) atoms. The minimum absolute atomic E-state index is 0.116. The highest BCUT2D eigenvalue weighted by molar-refractivity contribution is 6.33. The molecule has 1 N–H and O–H groups in total. The summed E-state index contributed by atoms with van der Waals surface area (Å²) in [7, 11) is 0. The molecule has 2 aromatic rings. The lowest BCUT2D eigenvalue weighted by molar-refractivity contribution is -0.137. The van der Waals surface area contributed by atoms with Crippen LogP contribution >= 0.6 is 11.6 Å². The number of fused-ring (bicyclic) bond motifs is 1. The molecule has 1 aromatic carbocycles. The van der Waals surface area contributed by atoms with Crippen LogP contribution in [0.15, 0.2) is 10.9 Å². The molecule has 7 nitrogen and oxygen atoms in total. The van der Waals surface area contributed by atoms with Crippen molar-refractivity contribution in [2.24, 2.45) is 0 Å². The van der Waals surface area contributed by atoms with Crippen molar-refractivity contribution < 1.29 is 22.7 Å². The highest BCUT2D eigenvalue weighted by Gasteiger charge is 2.38. The van der Waals surface area contributed by atoms with Crippen LogP contribution in [-0.4, -0.2) is 51.7 Å². The maximum Gasteiger partial charge on any atom is 0.417 e. The van der Waals surface area contributed by atoms with Crippen LogP contribution in [0.2, 0.25) is 5.02 Å². The summed E-state index contributed by atoms with van der Waals surface area (Å²) >= 11 is 5.97. The first-order valence-corrected chi connectivity index (χ1v) is 10.5. The van der Waals surface area contributed by atoms with Crippen molar-refractivity contribution in [1.29, 1.82) is 0 Å². The van der Waals surface area contributed by atoms with Gasteiger partial charge in [-0.25, -0.2) is 9.59 Å². The first-order chi connectivity index (χ1) is 14.6. The maximum absolute atomic E-state index is 13.6. The topological polar surface area (TPSA) is 78.5 Å². The molecule has 1 aliphatic heterocycles. The van der Waals surface area contributed by atoms with Gasteiger partial charge in [-0.05, 0) is 53.2 Å². The van der Waals surface area contributed by atoms with Gasteiger partial charge in [0.25, 0.3) is 0 Å². The summed E-state index contributed by atoms with van der Waals surface area (Å²) in [5.41, 5.74) is -2.03. The second kappa shape index (κ2) is 8.13. The summed E-state index contributed by atoms with van der Waals surface area (Å²) < 4.78 is 46.2. The number of carbonyl (C=O) groups excluding carboxylic acids is 1. The van der Waals surface area contributed by atoms with Crippen molar-refractivity contribution in [2.75, 3.05) is 18.0 Å². The van der Waals surface area contributed by atoms with Crippen LogP contribution in [0.3, 0.4) is 0 Å². The Morgan fingerprint density at radius 2 is 1.78 bits per heavy atom. The molecule has 2 unspecified atom stereocenters. The number of amides is 1. The standard InChI is InChI=1S/C21H26ClF3N4O3/c1-10-8-28(9-11(2)29(10)19(31)32-20(4,5)6)17-13-7-14(21(23,24)25)15(22)12(3)16(13)26-18(30)27-17/h7,10-11H,8-9H2,1-6H3,(H,26,27,30). The SMILES string of the molecule is Cc1c(Cl)c(C(F)(F)F)cc2c(N3CC(C)N(C(=O)OC(C)(C)C)C(C)C3)nc(=O)[nH]c12. The quantitative estimate of drug-likeness (QED) is 0.646. The van der Waals surface area contributed by atoms with Crippen LogP contribution in [0.25, 0.3) is 10.9 Å². The smallest absolute Gasteiger partial charge is 0.417 e. The summed E-state index contributed by atoms with van der Waals surface area (Å²) in [6.45, 7) is 10.9. The number of halogens is 4. The molecule has 3 rings (SSSR count). The molecule has 1 aliphatic rings. The third-order valence-electron chi connectivity index (χ3n) is 5.31. The van der Waals surface area contributed by atoms with Crippen molar-refractivity contribution in [1.82, 2.24) is 14.9 Å². The molecule has 1 saturated heterocycles. The molecule has 2 atom stereocenters. The largest absolute Gasteiger partial charge is 0.444 e. The highest BCUT2D eigenvalue weighted by Crippen LogP contribution is 2.41. The van der Waals surface area contributed by atoms with Crippen LogP contribution in [0.1, 0.15) is 45.7 Å². The molecule has 1 aromatic heterocycles. The number of piperazine rings is 1. The van der Waals surface area contributed by atoms with Crippen molar-refractivity contribution in [3.63, 3.8) is 0 Å². The van der Waals surface area contributed by atoms with Crippen LogP contribution in [-0.2, 0) is 10.9 Å². The number of nitrogens with one attached hydrogen (secondary N) is 1. The summed E-state index contributed by atoms with van der Waals surface area (Å²) in [6.07, 6.45) is -5.14. The number of anilines is 1. The molecule has 0 radical (unpaired) electrons. The number of carbonyl (C=O) groups is 1. The summed E-state index contributed by atoms with van der Waals surface area (Å²) in [5.74, 6) is 0.122. The van der Waals surface area contributed by atoms with E-state index in [0.29, 0.717) is 0 Å². The predicted octanol–water partition coefficient (Wildman–Crippen LogP) is 4.74. The Hall–Kier alpha value is -2.49. The van der Waals surface area contributed by atoms with Crippen molar-refractivity contribution in [3.8, 4) is 0 Å². The summed E-state index contributed by atoms with van der Waals surface area (Å²) in [4.78, 5) is 34.7. The monoisotopic (exact) mass is 474 g/mol. The predicted molar refractivity (Wildman–Crippen MR) is 116 cm³/mol. The van der Waals surface area contributed by atoms with Crippen LogP contribution in [0, 0.1) is 6.92 Å². The molecule has 0 spiro atoms. The van der Waals surface area contributed by atoms with Gasteiger partial charge in [0.15, 0.2) is 0 Å². The van der Waals surface area contributed by atoms with Gasteiger partial charge in [0.2, 0.25) is 0 Å². The Bertz CT molecular complexity index is 1100. The fourth-order valence-corrected chi connectivity index (χ4v) is 4.30. The minimum atomic E-state index is -4.67. The number of hydrogen-bond donors (Lipinski definition) is 1. The lowest BCUT2D eigenvalue weighted by Gasteiger charge is -2.45. The molecule has 2 heterocycles. The van der Waals surface area contributed by atoms with Crippen LogP contribution in [0.4, 0.5) is 23.8 Å². The first kappa shape index (κ1) is 24.2. The Morgan fingerprint density at radius 3 is 2.28 bits per heavy atom. The second-order valence-corrected chi connectivity index (χ2v) is 9.52. The summed E-state index contributed by atoms with van der Waals surface area (Å²) in [5, 5.41) is -0.321. The average molecular weight is 475 g/mol. The Kier molecular flexibility index (Phi) is 6.14. The Balaban J connectivity index is 2.06. The maximum atomic E-state index is 13.6. The van der Waals surface area contributed by atoms with E-state index >= 15 is 0 Å². The van der Waals surface area contributed by atoms with Gasteiger partial charge in [-0.3, -0.25) is 4.90 Å². The first-order valence-electron chi connectivity index (χ1n) is 10.2. The van der Waals surface area contributed by atoms with Gasteiger partial charge in [0, 0.05) is 18.5 Å². The van der Waals surface area contributed by atoms with Crippen LogP contribution in [0.5, 0.6) is 0 Å². The number of nitrogens with zero attached hydrogens (tertiary/aromatic N) is 3. The molecular weight excluding hydrogens is 449 g/mol. The van der Waals surface area contributed by atoms with E-state index in [-0.39, 0.29) is 47.5 Å². The van der Waals surface area contributed by atoms with Crippen molar-refractivity contribution in [2.45, 2.75) is 65.4 Å². The third-order valence-corrected chi connectivity index (χ3v) is 5.79. The fraction of sp³-hybridized carbons (Fsp3) is 0.571. The van der Waals surface area contributed by atoms with E-state index in [0.717, 1.165) is 6.07 Å². The highest BCUT2D eigenvalue weighted by atomic mass is 35.5. The van der Waals surface area contributed by atoms with E-state index in [2.05, 4.69) is 9.97 Å². The lowest BCUT2D eigenvalue weighted by atomic mass is 10.0. The van der Waals surface area contributed by atoms with Gasteiger partial charge in [-0.15, -0.1) is 0 Å². The van der Waals surface area contributed by atoms with Crippen molar-refractivity contribution >= 4 is 34.4 Å². The number of aryl methyl sites for hydroxylation is 1. The van der Waals surface area contributed by atoms with E-state index in [9.17, 15) is 22.8 Å². The number of hydrogen-bond acceptors (Lipinski definition) is 5. The Labute approximate surface area is 188 Å². The van der Waals surface area contributed by atoms with Gasteiger partial charge >= 0.3 is 18.0 Å². The van der Waals surface area contributed by atoms with E-state index in [1.54, 1.807) is 30.6 Å². The van der Waals surface area contributed by atoms with E-state index in [4.69, 9.17) is 16.3 Å². The van der Waals surface area contributed by atoms with E-state index < -0.39 is 34.1 Å². The summed E-state index contributed by atoms with van der Waals surface area (Å²) in [6, 6.07) is 0.249. The zero-order valence-corrected chi connectivity index (χ0v) is 19.5. The molecule has 0 aliphatic carbocycles. The third kappa shape index (κ3) is 4.65. The number of ether oxygens (including phenoxy) is 1. The minimum Gasteiger partial charge on any atom is -0.444 e. The van der Waals surface area contributed by atoms with Gasteiger partial charge in [0.1, 0.15) is 11.4 Å². The molecule has 176 valence electrons. The van der Waals surface area contributed by atoms with Crippen molar-refractivity contribution in [3.05, 3.63) is 32.7 Å². The number of aromatic nitrogens is 2. The van der Waals surface area contributed by atoms with Gasteiger partial charge < -0.3 is 14.6 Å². The second-order valence-electron chi connectivity index (χ2n) is 9.14. The van der Waals surface area contributed by atoms with E-state index in [1.165, 1.54) is 6.92 Å². The van der Waals surface area contributed by atoms with E-state index in [1.807, 2.05) is 13.8 Å². The number of rotatable bonds is 1. The van der Waals surface area contributed by atoms with Gasteiger partial charge in [-0.2, -0.15) is 18.2 Å². The molecule has 0 bridgehead atoms. The fourth-order valence-electron chi connectivity index (χ4n) is 4.04. The molecule has 1 amide bonds. The molecule has 0 saturated carbocycles. The Morgan fingerprint density at radius 1 is 1.22 bits per heavy atom.